The molecule has 0 aromatic heterocycles. The quantitative estimate of drug-likeness (QED) is 0.478. The lowest BCUT2D eigenvalue weighted by Gasteiger charge is -2.12. The van der Waals surface area contributed by atoms with Gasteiger partial charge >= 0.3 is 5.97 Å². The maximum atomic E-state index is 11.6. The van der Waals surface area contributed by atoms with Crippen LogP contribution in [0.4, 0.5) is 5.69 Å². The molecular weight excluding hydrogens is 230 g/mol. The highest BCUT2D eigenvalue weighted by atomic mass is 16.6. The molecule has 1 aromatic rings. The molecule has 0 saturated heterocycles. The van der Waals surface area contributed by atoms with Crippen LogP contribution in [0, 0.1) is 0 Å². The normalized spacial score (nSPS) is 11.2. The third-order valence-corrected chi connectivity index (χ3v) is 1.98. The number of ether oxygens (including phenoxy) is 2. The van der Waals surface area contributed by atoms with E-state index in [2.05, 4.69) is 5.32 Å². The van der Waals surface area contributed by atoms with Crippen molar-refractivity contribution in [2.24, 2.45) is 0 Å². The van der Waals surface area contributed by atoms with Crippen LogP contribution in [0.3, 0.4) is 0 Å². The molecule has 0 spiro atoms. The Morgan fingerprint density at radius 3 is 2.56 bits per heavy atom. The average Bonchev–Trinajstić information content (AvgIpc) is 2.35. The second kappa shape index (κ2) is 7.37. The zero-order valence-electron chi connectivity index (χ0n) is 11.0. The SMILES string of the molecule is CCOC(=O)/C(=C\Nc1ccccc1)OC(C)C. The molecule has 0 radical (unpaired) electrons. The average molecular weight is 249 g/mol. The fourth-order valence-corrected chi connectivity index (χ4v) is 1.28. The maximum absolute atomic E-state index is 11.6. The van der Waals surface area contributed by atoms with Crippen LogP contribution in [0.15, 0.2) is 42.3 Å². The lowest BCUT2D eigenvalue weighted by molar-refractivity contribution is -0.143. The van der Waals surface area contributed by atoms with Crippen molar-refractivity contribution >= 4 is 11.7 Å². The Bertz CT molecular complexity index is 399. The zero-order valence-corrected chi connectivity index (χ0v) is 11.0. The number of carbonyl (C=O) groups excluding carboxylic acids is 1. The number of anilines is 1. The number of hydrogen-bond donors (Lipinski definition) is 1. The van der Waals surface area contributed by atoms with E-state index in [0.717, 1.165) is 5.69 Å². The van der Waals surface area contributed by atoms with Crippen molar-refractivity contribution in [3.8, 4) is 0 Å². The van der Waals surface area contributed by atoms with Crippen LogP contribution in [-0.2, 0) is 14.3 Å². The predicted molar refractivity (Wildman–Crippen MR) is 71.0 cm³/mol. The molecule has 1 rings (SSSR count). The van der Waals surface area contributed by atoms with Crippen molar-refractivity contribution in [2.45, 2.75) is 26.9 Å². The standard InChI is InChI=1S/C14H19NO3/c1-4-17-14(16)13(18-11(2)3)10-15-12-8-6-5-7-9-12/h5-11,15H,4H2,1-3H3/b13-10+. The summed E-state index contributed by atoms with van der Waals surface area (Å²) in [5.41, 5.74) is 0.881. The Morgan fingerprint density at radius 2 is 2.00 bits per heavy atom. The van der Waals surface area contributed by atoms with Crippen molar-refractivity contribution in [3.05, 3.63) is 42.3 Å². The predicted octanol–water partition coefficient (Wildman–Crippen LogP) is 2.93. The first kappa shape index (κ1) is 14.1. The number of esters is 1. The molecule has 0 aliphatic rings. The van der Waals surface area contributed by atoms with Crippen LogP contribution in [0.1, 0.15) is 20.8 Å². The first-order valence-electron chi connectivity index (χ1n) is 5.99. The summed E-state index contributed by atoms with van der Waals surface area (Å²) in [6, 6.07) is 9.53. The summed E-state index contributed by atoms with van der Waals surface area (Å²) < 4.78 is 10.3. The summed E-state index contributed by atoms with van der Waals surface area (Å²) in [5, 5.41) is 3.00. The monoisotopic (exact) mass is 249 g/mol. The number of carbonyl (C=O) groups is 1. The lowest BCUT2D eigenvalue weighted by Crippen LogP contribution is -2.15. The molecule has 0 bridgehead atoms. The highest BCUT2D eigenvalue weighted by molar-refractivity contribution is 5.86. The molecule has 0 amide bonds. The van der Waals surface area contributed by atoms with E-state index in [1.165, 1.54) is 6.20 Å². The van der Waals surface area contributed by atoms with Gasteiger partial charge in [0.15, 0.2) is 0 Å². The zero-order chi connectivity index (χ0) is 13.4. The van der Waals surface area contributed by atoms with Gasteiger partial charge in [0, 0.05) is 5.69 Å². The third-order valence-electron chi connectivity index (χ3n) is 1.98. The summed E-state index contributed by atoms with van der Waals surface area (Å²) in [6.45, 7) is 5.80. The van der Waals surface area contributed by atoms with Crippen LogP contribution in [0.5, 0.6) is 0 Å². The van der Waals surface area contributed by atoms with Crippen molar-refractivity contribution in [1.82, 2.24) is 0 Å². The van der Waals surface area contributed by atoms with Crippen LogP contribution in [-0.4, -0.2) is 18.7 Å². The third kappa shape index (κ3) is 4.91. The molecule has 0 saturated carbocycles. The smallest absolute Gasteiger partial charge is 0.375 e. The second-order valence-corrected chi connectivity index (χ2v) is 3.91. The fourth-order valence-electron chi connectivity index (χ4n) is 1.28. The van der Waals surface area contributed by atoms with Gasteiger partial charge in [-0.3, -0.25) is 0 Å². The van der Waals surface area contributed by atoms with Crippen molar-refractivity contribution in [2.75, 3.05) is 11.9 Å². The molecule has 4 heteroatoms. The van der Waals surface area contributed by atoms with Gasteiger partial charge in [0.2, 0.25) is 5.76 Å². The lowest BCUT2D eigenvalue weighted by atomic mass is 10.3. The molecule has 0 atom stereocenters. The van der Waals surface area contributed by atoms with Crippen molar-refractivity contribution < 1.29 is 14.3 Å². The van der Waals surface area contributed by atoms with E-state index in [1.54, 1.807) is 6.92 Å². The molecule has 98 valence electrons. The minimum atomic E-state index is -0.463. The highest BCUT2D eigenvalue weighted by Gasteiger charge is 2.13. The summed E-state index contributed by atoms with van der Waals surface area (Å²) in [7, 11) is 0. The molecule has 4 nitrogen and oxygen atoms in total. The minimum absolute atomic E-state index is 0.0850. The van der Waals surface area contributed by atoms with Crippen LogP contribution >= 0.6 is 0 Å². The Morgan fingerprint density at radius 1 is 1.33 bits per heavy atom. The van der Waals surface area contributed by atoms with Gasteiger partial charge < -0.3 is 14.8 Å². The van der Waals surface area contributed by atoms with Gasteiger partial charge in [0.1, 0.15) is 0 Å². The number of nitrogens with one attached hydrogen (secondary N) is 1. The number of para-hydroxylation sites is 1. The van der Waals surface area contributed by atoms with E-state index < -0.39 is 5.97 Å². The second-order valence-electron chi connectivity index (χ2n) is 3.91. The van der Waals surface area contributed by atoms with Gasteiger partial charge in [-0.2, -0.15) is 0 Å². The van der Waals surface area contributed by atoms with Crippen molar-refractivity contribution in [1.29, 1.82) is 0 Å². The van der Waals surface area contributed by atoms with Crippen molar-refractivity contribution in [3.63, 3.8) is 0 Å². The van der Waals surface area contributed by atoms with E-state index in [9.17, 15) is 4.79 Å². The summed E-state index contributed by atoms with van der Waals surface area (Å²) in [4.78, 5) is 11.6. The topological polar surface area (TPSA) is 47.6 Å². The van der Waals surface area contributed by atoms with E-state index in [-0.39, 0.29) is 11.9 Å². The molecule has 0 aliphatic heterocycles. The Hall–Kier alpha value is -1.97. The summed E-state index contributed by atoms with van der Waals surface area (Å²) in [5.74, 6) is -0.287. The van der Waals surface area contributed by atoms with Gasteiger partial charge in [-0.05, 0) is 32.9 Å². The molecular formula is C14H19NO3. The van der Waals surface area contributed by atoms with Gasteiger partial charge in [-0.25, -0.2) is 4.79 Å². The van der Waals surface area contributed by atoms with Crippen LogP contribution < -0.4 is 5.32 Å². The van der Waals surface area contributed by atoms with Gasteiger partial charge in [-0.15, -0.1) is 0 Å². The minimum Gasteiger partial charge on any atom is -0.483 e. The van der Waals surface area contributed by atoms with Gasteiger partial charge in [0.05, 0.1) is 18.9 Å². The molecule has 18 heavy (non-hydrogen) atoms. The molecule has 0 fully saturated rings. The number of hydrogen-bond acceptors (Lipinski definition) is 4. The van der Waals surface area contributed by atoms with E-state index in [0.29, 0.717) is 6.61 Å². The maximum Gasteiger partial charge on any atom is 0.375 e. The molecule has 0 heterocycles. The Kier molecular flexibility index (Phi) is 5.77. The van der Waals surface area contributed by atoms with Gasteiger partial charge in [0.25, 0.3) is 0 Å². The number of benzene rings is 1. The summed E-state index contributed by atoms with van der Waals surface area (Å²) in [6.07, 6.45) is 1.44. The first-order valence-corrected chi connectivity index (χ1v) is 5.99. The molecule has 1 aromatic carbocycles. The van der Waals surface area contributed by atoms with E-state index in [4.69, 9.17) is 9.47 Å². The summed E-state index contributed by atoms with van der Waals surface area (Å²) >= 11 is 0. The first-order chi connectivity index (χ1) is 8.63. The fraction of sp³-hybridized carbons (Fsp3) is 0.357. The Balaban J connectivity index is 2.72. The van der Waals surface area contributed by atoms with Crippen LogP contribution in [0.2, 0.25) is 0 Å². The van der Waals surface area contributed by atoms with E-state index >= 15 is 0 Å². The highest BCUT2D eigenvalue weighted by Crippen LogP contribution is 2.09. The van der Waals surface area contributed by atoms with Gasteiger partial charge in [-0.1, -0.05) is 18.2 Å². The molecule has 0 unspecified atom stereocenters. The molecule has 1 N–H and O–H groups in total. The number of rotatable bonds is 6. The van der Waals surface area contributed by atoms with Crippen LogP contribution in [0.25, 0.3) is 0 Å². The Labute approximate surface area is 108 Å². The molecule has 0 aliphatic carbocycles. The largest absolute Gasteiger partial charge is 0.483 e. The van der Waals surface area contributed by atoms with E-state index in [1.807, 2.05) is 44.2 Å².